The first-order valence-electron chi connectivity index (χ1n) is 7.81. The minimum absolute atomic E-state index is 0.130. The fraction of sp³-hybridized carbons (Fsp3) is 0.167. The minimum atomic E-state index is -3.27. The quantitative estimate of drug-likeness (QED) is 0.615. The molecule has 0 aliphatic carbocycles. The summed E-state index contributed by atoms with van der Waals surface area (Å²) in [6, 6.07) is 19.6. The van der Waals surface area contributed by atoms with Crippen molar-refractivity contribution in [3.63, 3.8) is 0 Å². The van der Waals surface area contributed by atoms with Crippen molar-refractivity contribution in [2.45, 2.75) is 6.42 Å². The number of para-hydroxylation sites is 2. The van der Waals surface area contributed by atoms with Crippen LogP contribution in [0.2, 0.25) is 0 Å². The van der Waals surface area contributed by atoms with E-state index >= 15 is 0 Å². The molecule has 0 spiro atoms. The second-order valence-corrected chi connectivity index (χ2v) is 9.31. The van der Waals surface area contributed by atoms with Gasteiger partial charge in [0.1, 0.15) is 0 Å². The van der Waals surface area contributed by atoms with Crippen LogP contribution in [0.3, 0.4) is 0 Å². The third-order valence-electron chi connectivity index (χ3n) is 4.27. The average Bonchev–Trinajstić information content (AvgIpc) is 2.94. The predicted octanol–water partition coefficient (Wildman–Crippen LogP) is 4.29. The van der Waals surface area contributed by atoms with Gasteiger partial charge in [-0.3, -0.25) is 0 Å². The van der Waals surface area contributed by atoms with Crippen LogP contribution in [0.25, 0.3) is 0 Å². The molecule has 1 aliphatic heterocycles. The summed E-state index contributed by atoms with van der Waals surface area (Å²) in [4.78, 5) is 11.8. The first-order chi connectivity index (χ1) is 11.5. The molecule has 2 N–H and O–H groups in total. The van der Waals surface area contributed by atoms with E-state index in [9.17, 15) is 10.00 Å². The van der Waals surface area contributed by atoms with Crippen LogP contribution in [0, 0.1) is 0 Å². The monoisotopic (exact) mass is 360 g/mol. The molecule has 0 atom stereocenters. The molecule has 126 valence electrons. The van der Waals surface area contributed by atoms with Gasteiger partial charge in [0.15, 0.2) is 0 Å². The molecule has 1 aliphatic rings. The van der Waals surface area contributed by atoms with Crippen molar-refractivity contribution >= 4 is 36.4 Å². The molecule has 0 radical (unpaired) electrons. The van der Waals surface area contributed by atoms with Gasteiger partial charge in [-0.15, -0.1) is 0 Å². The van der Waals surface area contributed by atoms with E-state index < -0.39 is 7.79 Å². The molecule has 2 aromatic carbocycles. The van der Waals surface area contributed by atoms with Crippen LogP contribution in [0.1, 0.15) is 6.42 Å². The number of thiocarbonyl (C=S) groups is 1. The van der Waals surface area contributed by atoms with Crippen molar-refractivity contribution < 1.29 is 10.00 Å². The van der Waals surface area contributed by atoms with Crippen molar-refractivity contribution in [1.82, 2.24) is 0 Å². The number of benzene rings is 2. The van der Waals surface area contributed by atoms with Gasteiger partial charge >= 0.3 is 148 Å². The molecule has 1 heterocycles. The molecule has 3 rings (SSSR count). The van der Waals surface area contributed by atoms with Gasteiger partial charge in [0.25, 0.3) is 0 Å². The number of aliphatic hydroxyl groups excluding tert-OH is 1. The Balaban J connectivity index is 2.05. The van der Waals surface area contributed by atoms with Crippen LogP contribution in [-0.4, -0.2) is 28.1 Å². The Morgan fingerprint density at radius 1 is 0.958 bits per heavy atom. The Hall–Kier alpha value is -1.94. The van der Waals surface area contributed by atoms with E-state index in [1.54, 1.807) is 0 Å². The molecule has 0 bridgehead atoms. The van der Waals surface area contributed by atoms with Gasteiger partial charge in [0.05, 0.1) is 0 Å². The van der Waals surface area contributed by atoms with Gasteiger partial charge < -0.3 is 0 Å². The summed E-state index contributed by atoms with van der Waals surface area (Å²) < 4.78 is 4.06. The Bertz CT molecular complexity index is 692. The number of nitrogens with zero attached hydrogens (tertiary/aromatic N) is 2. The maximum absolute atomic E-state index is 11.8. The Morgan fingerprint density at radius 3 is 1.75 bits per heavy atom. The van der Waals surface area contributed by atoms with Crippen LogP contribution in [0.5, 0.6) is 0 Å². The van der Waals surface area contributed by atoms with E-state index in [4.69, 9.17) is 12.2 Å². The standard InChI is InChI=1S/C18H21N2O2PS/c1-15(14-18(21)24)23(22)19(16-8-4-2-5-9-16)12-13-20(23)17-10-6-3-7-11-17/h2-11,22-23H,1,12-14H2,(H,21,24). The molecule has 24 heavy (non-hydrogen) atoms. The van der Waals surface area contributed by atoms with E-state index in [1.807, 2.05) is 70.0 Å². The second kappa shape index (κ2) is 6.89. The van der Waals surface area contributed by atoms with Crippen molar-refractivity contribution in [2.75, 3.05) is 22.4 Å². The van der Waals surface area contributed by atoms with Gasteiger partial charge in [0.2, 0.25) is 0 Å². The van der Waals surface area contributed by atoms with Crippen LogP contribution < -0.4 is 9.34 Å². The average molecular weight is 360 g/mol. The zero-order valence-electron chi connectivity index (χ0n) is 13.3. The zero-order valence-corrected chi connectivity index (χ0v) is 15.1. The van der Waals surface area contributed by atoms with E-state index in [2.05, 4.69) is 6.58 Å². The van der Waals surface area contributed by atoms with Gasteiger partial charge in [-0.05, 0) is 0 Å². The van der Waals surface area contributed by atoms with Crippen LogP contribution in [0.15, 0.2) is 72.6 Å². The first-order valence-corrected chi connectivity index (χ1v) is 10.1. The van der Waals surface area contributed by atoms with E-state index in [-0.39, 0.29) is 11.5 Å². The summed E-state index contributed by atoms with van der Waals surface area (Å²) in [5.74, 6) is 0. The van der Waals surface area contributed by atoms with Crippen molar-refractivity contribution in [1.29, 1.82) is 0 Å². The number of hydrogen-bond acceptors (Lipinski definition) is 4. The van der Waals surface area contributed by atoms with Gasteiger partial charge in [-0.25, -0.2) is 0 Å². The Labute approximate surface area is 148 Å². The molecule has 0 amide bonds. The first kappa shape index (κ1) is 16.9. The molecular formula is C18H21N2O2PS. The second-order valence-electron chi connectivity index (χ2n) is 5.78. The summed E-state index contributed by atoms with van der Waals surface area (Å²) in [6.45, 7) is 5.47. The van der Waals surface area contributed by atoms with Crippen LogP contribution >= 0.6 is 20.0 Å². The molecule has 4 nitrogen and oxygen atoms in total. The van der Waals surface area contributed by atoms with Crippen LogP contribution in [-0.2, 0) is 0 Å². The molecule has 2 aromatic rings. The predicted molar refractivity (Wildman–Crippen MR) is 107 cm³/mol. The molecule has 0 unspecified atom stereocenters. The number of hydrogen-bond donors (Lipinski definition) is 2. The normalized spacial score (nSPS) is 17.5. The molecule has 1 fully saturated rings. The fourth-order valence-electron chi connectivity index (χ4n) is 3.17. The molecule has 0 saturated carbocycles. The van der Waals surface area contributed by atoms with Gasteiger partial charge in [0, 0.05) is 0 Å². The van der Waals surface area contributed by atoms with Gasteiger partial charge in [-0.1, -0.05) is 0 Å². The summed E-state index contributed by atoms with van der Waals surface area (Å²) in [5.41, 5.74) is 1.91. The number of anilines is 2. The van der Waals surface area contributed by atoms with E-state index in [0.29, 0.717) is 18.4 Å². The Kier molecular flexibility index (Phi) is 4.86. The van der Waals surface area contributed by atoms with Crippen molar-refractivity contribution in [3.8, 4) is 0 Å². The zero-order chi connectivity index (χ0) is 17.2. The molecule has 0 aromatic heterocycles. The van der Waals surface area contributed by atoms with Crippen LogP contribution in [0.4, 0.5) is 11.4 Å². The Morgan fingerprint density at radius 2 is 1.38 bits per heavy atom. The maximum atomic E-state index is 11.8. The van der Waals surface area contributed by atoms with E-state index in [1.165, 1.54) is 0 Å². The third kappa shape index (κ3) is 3.03. The molecule has 1 saturated heterocycles. The summed E-state index contributed by atoms with van der Waals surface area (Å²) in [6.07, 6.45) is 0.130. The number of rotatable bonds is 5. The van der Waals surface area contributed by atoms with Crippen molar-refractivity contribution in [2.24, 2.45) is 0 Å². The summed E-state index contributed by atoms with van der Waals surface area (Å²) in [5, 5.41) is 9.99. The summed E-state index contributed by atoms with van der Waals surface area (Å²) >= 11 is 4.84. The summed E-state index contributed by atoms with van der Waals surface area (Å²) in [7, 11) is -3.27. The van der Waals surface area contributed by atoms with Gasteiger partial charge in [-0.2, -0.15) is 0 Å². The third-order valence-corrected chi connectivity index (χ3v) is 8.01. The SMILES string of the molecule is C=C(CC(O)=S)[PH]1(O)N(c2ccccc2)CCN1c1ccccc1. The molecular weight excluding hydrogens is 339 g/mol. The van der Waals surface area contributed by atoms with Crippen molar-refractivity contribution in [3.05, 3.63) is 72.6 Å². The molecule has 6 heteroatoms. The fourth-order valence-corrected chi connectivity index (χ4v) is 6.78. The van der Waals surface area contributed by atoms with E-state index in [0.717, 1.165) is 11.4 Å². The number of aliphatic hydroxyl groups is 1. The topological polar surface area (TPSA) is 46.9 Å².